The molecule has 0 fully saturated rings. The summed E-state index contributed by atoms with van der Waals surface area (Å²) < 4.78 is 15.0. The number of halogens is 1. The van der Waals surface area contributed by atoms with E-state index in [1.807, 2.05) is 24.5 Å². The Hall–Kier alpha value is -2.40. The topological polar surface area (TPSA) is 45.5 Å². The summed E-state index contributed by atoms with van der Waals surface area (Å²) in [6, 6.07) is 8.16. The van der Waals surface area contributed by atoms with Gasteiger partial charge in [0.05, 0.1) is 0 Å². The predicted octanol–water partition coefficient (Wildman–Crippen LogP) is 3.09. The molecule has 4 nitrogen and oxygen atoms in total. The third-order valence-electron chi connectivity index (χ3n) is 3.28. The number of carbonyl (C=O) groups is 1. The molecule has 0 saturated heterocycles. The van der Waals surface area contributed by atoms with Crippen LogP contribution in [-0.2, 0) is 4.79 Å². The summed E-state index contributed by atoms with van der Waals surface area (Å²) in [6.07, 6.45) is 2.95. The van der Waals surface area contributed by atoms with Crippen LogP contribution in [0.2, 0.25) is 0 Å². The molecule has 0 spiro atoms. The number of rotatable bonds is 3. The van der Waals surface area contributed by atoms with Gasteiger partial charge in [0.15, 0.2) is 0 Å². The summed E-state index contributed by atoms with van der Waals surface area (Å²) in [4.78, 5) is 11.4. The summed E-state index contributed by atoms with van der Waals surface area (Å²) in [6.45, 7) is 3.86. The number of hydroxylamine groups is 2. The maximum atomic E-state index is 13.0. The first-order valence-electron chi connectivity index (χ1n) is 6.49. The third kappa shape index (κ3) is 3.20. The quantitative estimate of drug-likeness (QED) is 0.536. The second kappa shape index (κ2) is 5.93. The van der Waals surface area contributed by atoms with Gasteiger partial charge >= 0.3 is 0 Å². The lowest BCUT2D eigenvalue weighted by atomic mass is 10.2. The Labute approximate surface area is 122 Å². The standard InChI is InChI=1S/C16H17FN2O2/c1-11-10-13(4-9-16(20)18(3)21)12(2)19(11)15-7-5-14(17)6-8-15/h4-10,21H,1-3H3/b9-4+. The second-order valence-electron chi connectivity index (χ2n) is 4.83. The SMILES string of the molecule is Cc1cc(/C=C/C(=O)N(C)O)c(C)n1-c1ccc(F)cc1. The lowest BCUT2D eigenvalue weighted by Gasteiger charge is -2.09. The van der Waals surface area contributed by atoms with Crippen LogP contribution in [0.25, 0.3) is 11.8 Å². The average molecular weight is 288 g/mol. The number of amides is 1. The molecule has 0 radical (unpaired) electrons. The van der Waals surface area contributed by atoms with Gasteiger partial charge in [-0.05, 0) is 55.8 Å². The number of hydrogen-bond acceptors (Lipinski definition) is 2. The normalized spacial score (nSPS) is 11.1. The fourth-order valence-electron chi connectivity index (χ4n) is 2.21. The summed E-state index contributed by atoms with van der Waals surface area (Å²) in [5, 5.41) is 9.55. The summed E-state index contributed by atoms with van der Waals surface area (Å²) in [7, 11) is 1.27. The monoisotopic (exact) mass is 288 g/mol. The van der Waals surface area contributed by atoms with Gasteiger partial charge in [0.1, 0.15) is 5.82 Å². The molecule has 1 aromatic carbocycles. The van der Waals surface area contributed by atoms with Crippen molar-refractivity contribution in [2.24, 2.45) is 0 Å². The van der Waals surface area contributed by atoms with E-state index in [1.54, 1.807) is 18.2 Å². The van der Waals surface area contributed by atoms with Gasteiger partial charge in [-0.3, -0.25) is 10.0 Å². The zero-order chi connectivity index (χ0) is 15.6. The van der Waals surface area contributed by atoms with Gasteiger partial charge < -0.3 is 4.57 Å². The molecule has 0 atom stereocenters. The molecule has 2 rings (SSSR count). The largest absolute Gasteiger partial charge is 0.318 e. The Kier molecular flexibility index (Phi) is 4.23. The highest BCUT2D eigenvalue weighted by Crippen LogP contribution is 2.22. The molecule has 21 heavy (non-hydrogen) atoms. The molecule has 0 aliphatic carbocycles. The van der Waals surface area contributed by atoms with E-state index in [1.165, 1.54) is 25.3 Å². The Morgan fingerprint density at radius 1 is 1.29 bits per heavy atom. The number of nitrogens with zero attached hydrogens (tertiary/aromatic N) is 2. The first kappa shape index (κ1) is 15.0. The molecule has 1 N–H and O–H groups in total. The highest BCUT2D eigenvalue weighted by Gasteiger charge is 2.09. The van der Waals surface area contributed by atoms with Crippen molar-refractivity contribution in [3.8, 4) is 5.69 Å². The van der Waals surface area contributed by atoms with Crippen LogP contribution in [0, 0.1) is 19.7 Å². The van der Waals surface area contributed by atoms with Gasteiger partial charge in [-0.2, -0.15) is 0 Å². The fraction of sp³-hybridized carbons (Fsp3) is 0.188. The molecule has 1 amide bonds. The molecule has 1 heterocycles. The Bertz CT molecular complexity index is 685. The van der Waals surface area contributed by atoms with Gasteiger partial charge in [-0.25, -0.2) is 9.45 Å². The van der Waals surface area contributed by atoms with Crippen LogP contribution in [0.5, 0.6) is 0 Å². The first-order chi connectivity index (χ1) is 9.90. The number of aryl methyl sites for hydroxylation is 1. The molecule has 0 saturated carbocycles. The van der Waals surface area contributed by atoms with E-state index in [0.29, 0.717) is 5.06 Å². The van der Waals surface area contributed by atoms with Gasteiger partial charge in [-0.15, -0.1) is 0 Å². The van der Waals surface area contributed by atoms with Gasteiger partial charge in [0.2, 0.25) is 0 Å². The lowest BCUT2D eigenvalue weighted by molar-refractivity contribution is -0.153. The van der Waals surface area contributed by atoms with E-state index in [-0.39, 0.29) is 5.82 Å². The van der Waals surface area contributed by atoms with Crippen LogP contribution >= 0.6 is 0 Å². The van der Waals surface area contributed by atoms with Gasteiger partial charge in [0.25, 0.3) is 5.91 Å². The molecular weight excluding hydrogens is 271 g/mol. The molecule has 2 aromatic rings. The van der Waals surface area contributed by atoms with Crippen molar-refractivity contribution in [3.05, 3.63) is 59.2 Å². The number of benzene rings is 1. The lowest BCUT2D eigenvalue weighted by Crippen LogP contribution is -2.19. The maximum Gasteiger partial charge on any atom is 0.269 e. The van der Waals surface area contributed by atoms with Crippen molar-refractivity contribution in [1.82, 2.24) is 9.63 Å². The maximum absolute atomic E-state index is 13.0. The van der Waals surface area contributed by atoms with Crippen LogP contribution in [0.1, 0.15) is 17.0 Å². The number of likely N-dealkylation sites (N-methyl/N-ethyl adjacent to an activating group) is 1. The van der Waals surface area contributed by atoms with E-state index in [4.69, 9.17) is 5.21 Å². The van der Waals surface area contributed by atoms with Crippen LogP contribution < -0.4 is 0 Å². The zero-order valence-corrected chi connectivity index (χ0v) is 12.2. The van der Waals surface area contributed by atoms with Crippen LogP contribution in [-0.4, -0.2) is 27.8 Å². The Balaban J connectivity index is 2.38. The van der Waals surface area contributed by atoms with E-state index < -0.39 is 5.91 Å². The highest BCUT2D eigenvalue weighted by atomic mass is 19.1. The van der Waals surface area contributed by atoms with Gasteiger partial charge in [-0.1, -0.05) is 0 Å². The molecule has 5 heteroatoms. The van der Waals surface area contributed by atoms with Crippen molar-refractivity contribution in [2.75, 3.05) is 7.05 Å². The average Bonchev–Trinajstić information content (AvgIpc) is 2.72. The van der Waals surface area contributed by atoms with Gasteiger partial charge in [0, 0.05) is 30.2 Å². The molecule has 0 bridgehead atoms. The van der Waals surface area contributed by atoms with Crippen LogP contribution in [0.15, 0.2) is 36.4 Å². The van der Waals surface area contributed by atoms with Crippen molar-refractivity contribution >= 4 is 12.0 Å². The van der Waals surface area contributed by atoms with Crippen molar-refractivity contribution in [2.45, 2.75) is 13.8 Å². The number of carbonyl (C=O) groups excluding carboxylic acids is 1. The Morgan fingerprint density at radius 3 is 2.48 bits per heavy atom. The summed E-state index contributed by atoms with van der Waals surface area (Å²) >= 11 is 0. The minimum Gasteiger partial charge on any atom is -0.318 e. The Morgan fingerprint density at radius 2 is 1.90 bits per heavy atom. The molecular formula is C16H17FN2O2. The molecule has 110 valence electrons. The van der Waals surface area contributed by atoms with Crippen molar-refractivity contribution in [3.63, 3.8) is 0 Å². The van der Waals surface area contributed by atoms with E-state index in [2.05, 4.69) is 0 Å². The molecule has 0 unspecified atom stereocenters. The number of hydrogen-bond donors (Lipinski definition) is 1. The van der Waals surface area contributed by atoms with E-state index in [9.17, 15) is 9.18 Å². The molecule has 0 aliphatic rings. The molecule has 1 aromatic heterocycles. The van der Waals surface area contributed by atoms with Crippen LogP contribution in [0.4, 0.5) is 4.39 Å². The number of aromatic nitrogens is 1. The third-order valence-corrected chi connectivity index (χ3v) is 3.28. The smallest absolute Gasteiger partial charge is 0.269 e. The van der Waals surface area contributed by atoms with Crippen molar-refractivity contribution in [1.29, 1.82) is 0 Å². The predicted molar refractivity (Wildman–Crippen MR) is 78.8 cm³/mol. The minimum atomic E-state index is -0.499. The zero-order valence-electron chi connectivity index (χ0n) is 12.2. The van der Waals surface area contributed by atoms with E-state index >= 15 is 0 Å². The minimum absolute atomic E-state index is 0.280. The highest BCUT2D eigenvalue weighted by molar-refractivity contribution is 5.91. The van der Waals surface area contributed by atoms with E-state index in [0.717, 1.165) is 22.6 Å². The summed E-state index contributed by atoms with van der Waals surface area (Å²) in [5.74, 6) is -0.778. The first-order valence-corrected chi connectivity index (χ1v) is 6.49. The molecule has 0 aliphatic heterocycles. The fourth-order valence-corrected chi connectivity index (χ4v) is 2.21. The van der Waals surface area contributed by atoms with Crippen LogP contribution in [0.3, 0.4) is 0 Å². The second-order valence-corrected chi connectivity index (χ2v) is 4.83. The van der Waals surface area contributed by atoms with Crippen molar-refractivity contribution < 1.29 is 14.4 Å². The summed E-state index contributed by atoms with van der Waals surface area (Å²) in [5.41, 5.74) is 3.64.